The monoisotopic (exact) mass is 271 g/mol. The number of hydrogen-bond donors (Lipinski definition) is 1. The van der Waals surface area contributed by atoms with Gasteiger partial charge in [-0.25, -0.2) is 0 Å². The Morgan fingerprint density at radius 1 is 1.61 bits per heavy atom. The molecule has 0 aliphatic carbocycles. The van der Waals surface area contributed by atoms with Gasteiger partial charge in [0.25, 0.3) is 5.69 Å². The quantitative estimate of drug-likeness (QED) is 0.664. The van der Waals surface area contributed by atoms with Crippen LogP contribution in [0.3, 0.4) is 0 Å². The summed E-state index contributed by atoms with van der Waals surface area (Å²) in [4.78, 5) is 12.5. The minimum absolute atomic E-state index is 0.0140. The topological polar surface area (TPSA) is 81.6 Å². The molecule has 1 aliphatic heterocycles. The van der Waals surface area contributed by atoms with Crippen LogP contribution in [-0.4, -0.2) is 37.3 Å². The Morgan fingerprint density at radius 2 is 2.39 bits per heavy atom. The van der Waals surface area contributed by atoms with Gasteiger partial charge < -0.3 is 15.4 Å². The number of halogens is 1. The van der Waals surface area contributed by atoms with Gasteiger partial charge in [0.2, 0.25) is 0 Å². The highest BCUT2D eigenvalue weighted by Crippen LogP contribution is 2.31. The van der Waals surface area contributed by atoms with Crippen LogP contribution in [0.4, 0.5) is 11.4 Å². The zero-order valence-electron chi connectivity index (χ0n) is 9.71. The van der Waals surface area contributed by atoms with Crippen molar-refractivity contribution in [3.63, 3.8) is 0 Å². The third-order valence-corrected chi connectivity index (χ3v) is 3.11. The van der Waals surface area contributed by atoms with Crippen LogP contribution >= 0.6 is 11.6 Å². The van der Waals surface area contributed by atoms with Crippen molar-refractivity contribution in [3.05, 3.63) is 33.3 Å². The van der Waals surface area contributed by atoms with Crippen LogP contribution in [-0.2, 0) is 4.74 Å². The average Bonchev–Trinajstić information content (AvgIpc) is 2.38. The lowest BCUT2D eigenvalue weighted by molar-refractivity contribution is -0.384. The molecule has 18 heavy (non-hydrogen) atoms. The van der Waals surface area contributed by atoms with E-state index < -0.39 is 4.92 Å². The molecule has 6 nitrogen and oxygen atoms in total. The molecule has 7 heteroatoms. The molecular weight excluding hydrogens is 258 g/mol. The molecule has 1 aromatic rings. The molecule has 2 N–H and O–H groups in total. The van der Waals surface area contributed by atoms with E-state index in [0.717, 1.165) is 0 Å². The Labute approximate surface area is 109 Å². The Balaban J connectivity index is 2.29. The zero-order chi connectivity index (χ0) is 13.1. The van der Waals surface area contributed by atoms with Gasteiger partial charge in [0, 0.05) is 30.7 Å². The smallest absolute Gasteiger partial charge is 0.294 e. The summed E-state index contributed by atoms with van der Waals surface area (Å²) in [5.74, 6) is 0. The first kappa shape index (κ1) is 13.1. The largest absolute Gasteiger partial charge is 0.373 e. The number of nitro benzene ring substituents is 1. The molecule has 1 atom stereocenters. The fourth-order valence-electron chi connectivity index (χ4n) is 1.99. The first-order valence-electron chi connectivity index (χ1n) is 5.62. The predicted octanol–water partition coefficient (Wildman–Crippen LogP) is 1.41. The van der Waals surface area contributed by atoms with E-state index in [-0.39, 0.29) is 11.8 Å². The van der Waals surface area contributed by atoms with Crippen molar-refractivity contribution in [3.8, 4) is 0 Å². The SMILES string of the molecule is NCC1CN(c2ccc(Cl)cc2[N+](=O)[O-])CCO1. The van der Waals surface area contributed by atoms with Crippen molar-refractivity contribution in [2.45, 2.75) is 6.10 Å². The van der Waals surface area contributed by atoms with Crippen molar-refractivity contribution in [1.29, 1.82) is 0 Å². The molecule has 98 valence electrons. The molecule has 0 spiro atoms. The van der Waals surface area contributed by atoms with Gasteiger partial charge in [-0.3, -0.25) is 10.1 Å². The summed E-state index contributed by atoms with van der Waals surface area (Å²) in [6, 6.07) is 4.68. The number of rotatable bonds is 3. The number of anilines is 1. The zero-order valence-corrected chi connectivity index (χ0v) is 10.5. The van der Waals surface area contributed by atoms with Gasteiger partial charge in [0.15, 0.2) is 0 Å². The van der Waals surface area contributed by atoms with Crippen molar-refractivity contribution >= 4 is 23.0 Å². The van der Waals surface area contributed by atoms with Crippen molar-refractivity contribution in [2.75, 3.05) is 31.1 Å². The maximum Gasteiger partial charge on any atom is 0.294 e. The number of benzene rings is 1. The summed E-state index contributed by atoms with van der Waals surface area (Å²) in [7, 11) is 0. The minimum atomic E-state index is -0.422. The maximum absolute atomic E-state index is 11.0. The molecule has 0 radical (unpaired) electrons. The number of nitrogens with two attached hydrogens (primary N) is 1. The standard InChI is InChI=1S/C11H14ClN3O3/c12-8-1-2-10(11(5-8)15(16)17)14-3-4-18-9(6-13)7-14/h1-2,5,9H,3-4,6-7,13H2. The molecule has 1 fully saturated rings. The van der Waals surface area contributed by atoms with Gasteiger partial charge in [0.1, 0.15) is 5.69 Å². The first-order valence-corrected chi connectivity index (χ1v) is 6.00. The Bertz CT molecular complexity index is 455. The Morgan fingerprint density at radius 3 is 3.06 bits per heavy atom. The van der Waals surface area contributed by atoms with Crippen molar-refractivity contribution in [1.82, 2.24) is 0 Å². The Kier molecular flexibility index (Phi) is 4.00. The van der Waals surface area contributed by atoms with Crippen LogP contribution in [0.5, 0.6) is 0 Å². The number of nitro groups is 1. The molecule has 1 heterocycles. The summed E-state index contributed by atoms with van der Waals surface area (Å²) in [6.07, 6.45) is -0.0889. The van der Waals surface area contributed by atoms with Crippen molar-refractivity contribution in [2.24, 2.45) is 5.73 Å². The molecule has 1 saturated heterocycles. The molecule has 1 aliphatic rings. The molecular formula is C11H14ClN3O3. The Hall–Kier alpha value is -1.37. The van der Waals surface area contributed by atoms with Gasteiger partial charge in [-0.15, -0.1) is 0 Å². The summed E-state index contributed by atoms with van der Waals surface area (Å²) >= 11 is 5.79. The second kappa shape index (κ2) is 5.51. The van der Waals surface area contributed by atoms with Gasteiger partial charge in [-0.2, -0.15) is 0 Å². The summed E-state index contributed by atoms with van der Waals surface area (Å²) in [6.45, 7) is 2.08. The van der Waals surface area contributed by atoms with Gasteiger partial charge in [-0.1, -0.05) is 11.6 Å². The summed E-state index contributed by atoms with van der Waals surface area (Å²) in [5.41, 5.74) is 6.13. The molecule has 2 rings (SSSR count). The fraction of sp³-hybridized carbons (Fsp3) is 0.455. The van der Waals surface area contributed by atoms with Crippen LogP contribution in [0, 0.1) is 10.1 Å². The van der Waals surface area contributed by atoms with E-state index in [0.29, 0.717) is 37.0 Å². The lowest BCUT2D eigenvalue weighted by Gasteiger charge is -2.33. The number of hydrogen-bond acceptors (Lipinski definition) is 5. The van der Waals surface area contributed by atoms with E-state index in [9.17, 15) is 10.1 Å². The maximum atomic E-state index is 11.0. The molecule has 0 bridgehead atoms. The van der Waals surface area contributed by atoms with E-state index in [1.165, 1.54) is 6.07 Å². The third kappa shape index (κ3) is 2.72. The van der Waals surface area contributed by atoms with E-state index in [1.54, 1.807) is 12.1 Å². The van der Waals surface area contributed by atoms with E-state index in [2.05, 4.69) is 0 Å². The molecule has 1 aromatic carbocycles. The third-order valence-electron chi connectivity index (χ3n) is 2.88. The van der Waals surface area contributed by atoms with Gasteiger partial charge in [0.05, 0.1) is 17.6 Å². The summed E-state index contributed by atoms with van der Waals surface area (Å²) < 4.78 is 5.44. The van der Waals surface area contributed by atoms with Crippen LogP contribution in [0.15, 0.2) is 18.2 Å². The number of nitrogens with zero attached hydrogens (tertiary/aromatic N) is 2. The highest BCUT2D eigenvalue weighted by molar-refractivity contribution is 6.30. The van der Waals surface area contributed by atoms with Crippen molar-refractivity contribution < 1.29 is 9.66 Å². The van der Waals surface area contributed by atoms with E-state index in [4.69, 9.17) is 22.1 Å². The average molecular weight is 272 g/mol. The van der Waals surface area contributed by atoms with Gasteiger partial charge >= 0.3 is 0 Å². The highest BCUT2D eigenvalue weighted by atomic mass is 35.5. The normalized spacial score (nSPS) is 19.9. The van der Waals surface area contributed by atoms with Crippen LogP contribution < -0.4 is 10.6 Å². The molecule has 0 aromatic heterocycles. The van der Waals surface area contributed by atoms with E-state index >= 15 is 0 Å². The van der Waals surface area contributed by atoms with E-state index in [1.807, 2.05) is 4.90 Å². The van der Waals surface area contributed by atoms with Crippen LogP contribution in [0.1, 0.15) is 0 Å². The second-order valence-electron chi connectivity index (χ2n) is 4.06. The predicted molar refractivity (Wildman–Crippen MR) is 69.1 cm³/mol. The highest BCUT2D eigenvalue weighted by Gasteiger charge is 2.25. The lowest BCUT2D eigenvalue weighted by Crippen LogP contribution is -2.45. The summed E-state index contributed by atoms with van der Waals surface area (Å²) in [5, 5.41) is 11.4. The lowest BCUT2D eigenvalue weighted by atomic mass is 10.2. The molecule has 0 amide bonds. The molecule has 0 saturated carbocycles. The van der Waals surface area contributed by atoms with Crippen LogP contribution in [0.2, 0.25) is 5.02 Å². The number of ether oxygens (including phenoxy) is 1. The van der Waals surface area contributed by atoms with Gasteiger partial charge in [-0.05, 0) is 12.1 Å². The minimum Gasteiger partial charge on any atom is -0.373 e. The number of morpholine rings is 1. The fourth-order valence-corrected chi connectivity index (χ4v) is 2.16. The molecule has 1 unspecified atom stereocenters. The first-order chi connectivity index (χ1) is 8.61. The second-order valence-corrected chi connectivity index (χ2v) is 4.50. The van der Waals surface area contributed by atoms with Crippen LogP contribution in [0.25, 0.3) is 0 Å².